The number of nitrogens with one attached hydrogen (secondary N) is 1. The zero-order valence-electron chi connectivity index (χ0n) is 16.2. The second kappa shape index (κ2) is 9.50. The Bertz CT molecular complexity index is 812. The minimum atomic E-state index is 0.221. The fourth-order valence-electron chi connectivity index (χ4n) is 2.36. The van der Waals surface area contributed by atoms with E-state index in [-0.39, 0.29) is 5.69 Å². The zero-order chi connectivity index (χ0) is 19.8. The molecule has 2 rings (SSSR count). The standard InChI is InChI=1S/C19H24N4O4/c1-23(2)9-8-21-19-14(12-20)22-17(27-19)7-6-13-10-15(24-3)18(26-5)16(11-13)25-4/h6-7,10-11,21H,8-9H2,1-5H3. The molecule has 0 fully saturated rings. The number of rotatable bonds is 9. The number of nitrogens with zero attached hydrogens (tertiary/aromatic N) is 3. The average molecular weight is 372 g/mol. The summed E-state index contributed by atoms with van der Waals surface area (Å²) in [5.41, 5.74) is 1.03. The van der Waals surface area contributed by atoms with E-state index in [9.17, 15) is 5.26 Å². The summed E-state index contributed by atoms with van der Waals surface area (Å²) in [5.74, 6) is 2.31. The number of hydrogen-bond acceptors (Lipinski definition) is 8. The molecule has 0 saturated carbocycles. The van der Waals surface area contributed by atoms with Crippen LogP contribution in [0.5, 0.6) is 17.2 Å². The summed E-state index contributed by atoms with van der Waals surface area (Å²) in [6.45, 7) is 1.45. The molecule has 0 spiro atoms. The number of aromatic nitrogens is 1. The number of benzene rings is 1. The Morgan fingerprint density at radius 1 is 1.15 bits per heavy atom. The molecule has 27 heavy (non-hydrogen) atoms. The van der Waals surface area contributed by atoms with Gasteiger partial charge in [0.05, 0.1) is 21.3 Å². The van der Waals surface area contributed by atoms with Gasteiger partial charge in [0.2, 0.25) is 23.2 Å². The molecule has 144 valence electrons. The van der Waals surface area contributed by atoms with Crippen molar-refractivity contribution in [1.82, 2.24) is 9.88 Å². The number of likely N-dealkylation sites (N-methyl/N-ethyl adjacent to an activating group) is 1. The van der Waals surface area contributed by atoms with E-state index >= 15 is 0 Å². The zero-order valence-corrected chi connectivity index (χ0v) is 16.2. The normalized spacial score (nSPS) is 10.9. The molecule has 1 N–H and O–H groups in total. The smallest absolute Gasteiger partial charge is 0.232 e. The van der Waals surface area contributed by atoms with Gasteiger partial charge in [0.25, 0.3) is 0 Å². The molecule has 8 heteroatoms. The number of hydrogen-bond donors (Lipinski definition) is 1. The second-order valence-corrected chi connectivity index (χ2v) is 5.86. The van der Waals surface area contributed by atoms with Crippen molar-refractivity contribution < 1.29 is 18.6 Å². The van der Waals surface area contributed by atoms with Gasteiger partial charge in [0, 0.05) is 19.2 Å². The maximum absolute atomic E-state index is 9.23. The van der Waals surface area contributed by atoms with Gasteiger partial charge >= 0.3 is 0 Å². The van der Waals surface area contributed by atoms with Gasteiger partial charge in [-0.2, -0.15) is 10.2 Å². The molecular formula is C19H24N4O4. The first-order chi connectivity index (χ1) is 13.0. The van der Waals surface area contributed by atoms with Gasteiger partial charge < -0.3 is 28.8 Å². The first-order valence-electron chi connectivity index (χ1n) is 8.30. The van der Waals surface area contributed by atoms with Gasteiger partial charge in [-0.05, 0) is 37.9 Å². The summed E-state index contributed by atoms with van der Waals surface area (Å²) in [4.78, 5) is 6.21. The molecule has 0 unspecified atom stereocenters. The highest BCUT2D eigenvalue weighted by atomic mass is 16.5. The maximum Gasteiger partial charge on any atom is 0.232 e. The van der Waals surface area contributed by atoms with E-state index in [0.29, 0.717) is 35.6 Å². The molecule has 0 bridgehead atoms. The minimum Gasteiger partial charge on any atom is -0.493 e. The van der Waals surface area contributed by atoms with Crippen LogP contribution >= 0.6 is 0 Å². The van der Waals surface area contributed by atoms with E-state index in [1.54, 1.807) is 33.5 Å². The Balaban J connectivity index is 2.23. The highest BCUT2D eigenvalue weighted by molar-refractivity contribution is 5.71. The first kappa shape index (κ1) is 20.1. The fourth-order valence-corrected chi connectivity index (χ4v) is 2.36. The van der Waals surface area contributed by atoms with Gasteiger partial charge in [-0.15, -0.1) is 0 Å². The van der Waals surface area contributed by atoms with Gasteiger partial charge in [0.1, 0.15) is 6.07 Å². The van der Waals surface area contributed by atoms with E-state index in [2.05, 4.69) is 10.3 Å². The summed E-state index contributed by atoms with van der Waals surface area (Å²) in [6, 6.07) is 5.65. The van der Waals surface area contributed by atoms with Crippen molar-refractivity contribution in [3.8, 4) is 23.3 Å². The van der Waals surface area contributed by atoms with Crippen LogP contribution in [0.3, 0.4) is 0 Å². The highest BCUT2D eigenvalue weighted by Gasteiger charge is 2.13. The molecule has 0 saturated heterocycles. The van der Waals surface area contributed by atoms with Crippen LogP contribution in [0.1, 0.15) is 17.1 Å². The molecule has 0 aliphatic heterocycles. The van der Waals surface area contributed by atoms with Gasteiger partial charge in [-0.3, -0.25) is 0 Å². The van der Waals surface area contributed by atoms with Crippen molar-refractivity contribution in [3.05, 3.63) is 29.3 Å². The molecular weight excluding hydrogens is 348 g/mol. The van der Waals surface area contributed by atoms with Crippen LogP contribution in [-0.4, -0.2) is 58.4 Å². The summed E-state index contributed by atoms with van der Waals surface area (Å²) in [6.07, 6.45) is 3.47. The predicted octanol–water partition coefficient (Wildman–Crippen LogP) is 2.72. The monoisotopic (exact) mass is 372 g/mol. The van der Waals surface area contributed by atoms with Crippen LogP contribution in [0.4, 0.5) is 5.88 Å². The maximum atomic E-state index is 9.23. The molecule has 2 aromatic rings. The third kappa shape index (κ3) is 5.15. The van der Waals surface area contributed by atoms with Crippen LogP contribution in [-0.2, 0) is 0 Å². The predicted molar refractivity (Wildman–Crippen MR) is 103 cm³/mol. The van der Waals surface area contributed by atoms with Crippen molar-refractivity contribution in [2.45, 2.75) is 0 Å². The summed E-state index contributed by atoms with van der Waals surface area (Å²) in [5, 5.41) is 12.3. The Hall–Kier alpha value is -3.18. The summed E-state index contributed by atoms with van der Waals surface area (Å²) >= 11 is 0. The lowest BCUT2D eigenvalue weighted by atomic mass is 10.1. The number of anilines is 1. The third-order valence-corrected chi connectivity index (χ3v) is 3.70. The quantitative estimate of drug-likeness (QED) is 0.718. The van der Waals surface area contributed by atoms with Gasteiger partial charge in [-0.1, -0.05) is 0 Å². The lowest BCUT2D eigenvalue weighted by Crippen LogP contribution is -2.20. The largest absolute Gasteiger partial charge is 0.493 e. The highest BCUT2D eigenvalue weighted by Crippen LogP contribution is 2.38. The van der Waals surface area contributed by atoms with Crippen molar-refractivity contribution in [3.63, 3.8) is 0 Å². The van der Waals surface area contributed by atoms with E-state index < -0.39 is 0 Å². The average Bonchev–Trinajstić information content (AvgIpc) is 3.07. The van der Waals surface area contributed by atoms with E-state index in [4.69, 9.17) is 18.6 Å². The Morgan fingerprint density at radius 3 is 2.33 bits per heavy atom. The van der Waals surface area contributed by atoms with Crippen molar-refractivity contribution in [2.75, 3.05) is 53.8 Å². The van der Waals surface area contributed by atoms with E-state index in [1.165, 1.54) is 0 Å². The van der Waals surface area contributed by atoms with E-state index in [1.807, 2.05) is 37.2 Å². The first-order valence-corrected chi connectivity index (χ1v) is 8.30. The molecule has 0 radical (unpaired) electrons. The van der Waals surface area contributed by atoms with Crippen LogP contribution in [0.2, 0.25) is 0 Å². The molecule has 8 nitrogen and oxygen atoms in total. The van der Waals surface area contributed by atoms with Crippen molar-refractivity contribution in [1.29, 1.82) is 5.26 Å². The lowest BCUT2D eigenvalue weighted by Gasteiger charge is -2.12. The van der Waals surface area contributed by atoms with E-state index in [0.717, 1.165) is 12.1 Å². The Kier molecular flexibility index (Phi) is 7.08. The van der Waals surface area contributed by atoms with Crippen LogP contribution < -0.4 is 19.5 Å². The number of ether oxygens (including phenoxy) is 3. The fraction of sp³-hybridized carbons (Fsp3) is 0.368. The number of oxazole rings is 1. The van der Waals surface area contributed by atoms with Crippen molar-refractivity contribution in [2.24, 2.45) is 0 Å². The molecule has 0 aliphatic carbocycles. The van der Waals surface area contributed by atoms with Gasteiger partial charge in [0.15, 0.2) is 11.5 Å². The molecule has 1 aromatic carbocycles. The minimum absolute atomic E-state index is 0.221. The molecule has 0 aliphatic rings. The van der Waals surface area contributed by atoms with Gasteiger partial charge in [-0.25, -0.2) is 0 Å². The van der Waals surface area contributed by atoms with Crippen LogP contribution in [0, 0.1) is 11.3 Å². The SMILES string of the molecule is COc1cc(C=Cc2nc(C#N)c(NCCN(C)C)o2)cc(OC)c1OC. The van der Waals surface area contributed by atoms with Crippen molar-refractivity contribution >= 4 is 18.0 Å². The summed E-state index contributed by atoms with van der Waals surface area (Å²) < 4.78 is 21.6. The summed E-state index contributed by atoms with van der Waals surface area (Å²) in [7, 11) is 8.61. The topological polar surface area (TPSA) is 92.8 Å². The van der Waals surface area contributed by atoms with Crippen LogP contribution in [0.15, 0.2) is 16.5 Å². The molecule has 1 aromatic heterocycles. The molecule has 1 heterocycles. The number of methoxy groups -OCH3 is 3. The van der Waals surface area contributed by atoms with Crippen LogP contribution in [0.25, 0.3) is 12.2 Å². The Morgan fingerprint density at radius 2 is 1.81 bits per heavy atom. The third-order valence-electron chi connectivity index (χ3n) is 3.70. The molecule has 0 amide bonds. The second-order valence-electron chi connectivity index (χ2n) is 5.86. The Labute approximate surface area is 159 Å². The lowest BCUT2D eigenvalue weighted by molar-refractivity contribution is 0.324. The molecule has 0 atom stereocenters. The number of nitriles is 1.